The van der Waals surface area contributed by atoms with Crippen LogP contribution in [-0.2, 0) is 4.79 Å². The van der Waals surface area contributed by atoms with Crippen LogP contribution < -0.4 is 10.5 Å². The average Bonchev–Trinajstić information content (AvgIpc) is 2.94. The zero-order valence-corrected chi connectivity index (χ0v) is 15.5. The van der Waals surface area contributed by atoms with Gasteiger partial charge in [0.15, 0.2) is 0 Å². The van der Waals surface area contributed by atoms with E-state index in [1.807, 2.05) is 24.0 Å². The summed E-state index contributed by atoms with van der Waals surface area (Å²) in [7, 11) is 1.67. The molecule has 0 radical (unpaired) electrons. The second kappa shape index (κ2) is 8.75. The van der Waals surface area contributed by atoms with Gasteiger partial charge in [0.25, 0.3) is 0 Å². The van der Waals surface area contributed by atoms with E-state index in [2.05, 4.69) is 22.0 Å². The van der Waals surface area contributed by atoms with Crippen molar-refractivity contribution in [3.8, 4) is 5.75 Å². The lowest BCUT2D eigenvalue weighted by atomic mass is 10.0. The van der Waals surface area contributed by atoms with Crippen LogP contribution in [0.2, 0.25) is 0 Å². The summed E-state index contributed by atoms with van der Waals surface area (Å²) in [5.74, 6) is 1.03. The molecule has 0 aromatic heterocycles. The monoisotopic (exact) mass is 390 g/mol. The summed E-state index contributed by atoms with van der Waals surface area (Å²) in [5, 5.41) is 0. The van der Waals surface area contributed by atoms with Crippen molar-refractivity contribution in [2.45, 2.75) is 44.7 Å². The third kappa shape index (κ3) is 4.61. The molecule has 2 rings (SSSR count). The number of carbonyl (C=O) groups is 1. The van der Waals surface area contributed by atoms with E-state index in [0.717, 1.165) is 41.6 Å². The molecule has 1 heterocycles. The maximum atomic E-state index is 12.4. The summed E-state index contributed by atoms with van der Waals surface area (Å²) in [6, 6.07) is 6.14. The second-order valence-electron chi connectivity index (χ2n) is 5.65. The highest BCUT2D eigenvalue weighted by atomic mass is 79.9. The Hall–Kier alpha value is -0.780. The van der Waals surface area contributed by atoms with E-state index in [4.69, 9.17) is 10.5 Å². The number of ether oxygens (including phenoxy) is 1. The molecule has 1 aliphatic rings. The molecule has 1 amide bonds. The van der Waals surface area contributed by atoms with Gasteiger partial charge in [0.1, 0.15) is 5.75 Å². The zero-order valence-electron chi connectivity index (χ0n) is 13.0. The maximum absolute atomic E-state index is 12.4. The molecule has 0 aliphatic carbocycles. The fraction of sp³-hybridized carbons (Fsp3) is 0.562. The minimum absolute atomic E-state index is 0. The standard InChI is InChI=1S/C16H23BrN2O2.ClH/c1-11(18)5-8-16(20)19-9-3-4-14(19)13-10-12(17)6-7-15(13)21-2;/h6-7,10-11,14H,3-5,8-9,18H2,1-2H3;1H. The Balaban J connectivity index is 0.00000242. The van der Waals surface area contributed by atoms with Crippen LogP contribution in [0, 0.1) is 0 Å². The van der Waals surface area contributed by atoms with Crippen molar-refractivity contribution in [1.29, 1.82) is 0 Å². The topological polar surface area (TPSA) is 55.6 Å². The van der Waals surface area contributed by atoms with E-state index in [9.17, 15) is 4.79 Å². The summed E-state index contributed by atoms with van der Waals surface area (Å²) in [6.45, 7) is 2.75. The van der Waals surface area contributed by atoms with Crippen LogP contribution in [0.5, 0.6) is 5.75 Å². The van der Waals surface area contributed by atoms with Crippen LogP contribution in [0.4, 0.5) is 0 Å². The Labute approximate surface area is 146 Å². The SMILES string of the molecule is COc1ccc(Br)cc1C1CCCN1C(=O)CCC(C)N.Cl. The Bertz CT molecular complexity index is 511. The number of halogens is 2. The molecular weight excluding hydrogens is 368 g/mol. The summed E-state index contributed by atoms with van der Waals surface area (Å²) < 4.78 is 6.47. The van der Waals surface area contributed by atoms with Crippen molar-refractivity contribution < 1.29 is 9.53 Å². The average molecular weight is 392 g/mol. The highest BCUT2D eigenvalue weighted by Gasteiger charge is 2.31. The van der Waals surface area contributed by atoms with Crippen LogP contribution in [0.3, 0.4) is 0 Å². The number of rotatable bonds is 5. The molecule has 1 fully saturated rings. The summed E-state index contributed by atoms with van der Waals surface area (Å²) in [5.41, 5.74) is 6.84. The molecule has 1 aliphatic heterocycles. The van der Waals surface area contributed by atoms with E-state index in [-0.39, 0.29) is 30.4 Å². The molecule has 0 spiro atoms. The van der Waals surface area contributed by atoms with Crippen LogP contribution in [0.1, 0.15) is 44.2 Å². The molecule has 2 N–H and O–H groups in total. The molecule has 22 heavy (non-hydrogen) atoms. The predicted octanol–water partition coefficient (Wildman–Crippen LogP) is 3.67. The Morgan fingerprint density at radius 1 is 1.55 bits per heavy atom. The maximum Gasteiger partial charge on any atom is 0.223 e. The molecule has 124 valence electrons. The van der Waals surface area contributed by atoms with Crippen molar-refractivity contribution in [1.82, 2.24) is 4.90 Å². The van der Waals surface area contributed by atoms with E-state index < -0.39 is 0 Å². The Morgan fingerprint density at radius 2 is 2.27 bits per heavy atom. The lowest BCUT2D eigenvalue weighted by Gasteiger charge is -2.27. The van der Waals surface area contributed by atoms with Gasteiger partial charge in [-0.05, 0) is 44.4 Å². The third-order valence-corrected chi connectivity index (χ3v) is 4.43. The van der Waals surface area contributed by atoms with Gasteiger partial charge in [0.05, 0.1) is 13.2 Å². The Kier molecular flexibility index (Phi) is 7.66. The summed E-state index contributed by atoms with van der Waals surface area (Å²) in [4.78, 5) is 14.4. The van der Waals surface area contributed by atoms with Crippen molar-refractivity contribution in [3.05, 3.63) is 28.2 Å². The summed E-state index contributed by atoms with van der Waals surface area (Å²) in [6.07, 6.45) is 3.27. The highest BCUT2D eigenvalue weighted by molar-refractivity contribution is 9.10. The van der Waals surface area contributed by atoms with E-state index in [0.29, 0.717) is 6.42 Å². The molecule has 0 saturated carbocycles. The second-order valence-corrected chi connectivity index (χ2v) is 6.56. The largest absolute Gasteiger partial charge is 0.496 e. The number of methoxy groups -OCH3 is 1. The quantitative estimate of drug-likeness (QED) is 0.833. The molecule has 2 atom stereocenters. The lowest BCUT2D eigenvalue weighted by Crippen LogP contribution is -2.31. The van der Waals surface area contributed by atoms with Gasteiger partial charge in [-0.1, -0.05) is 15.9 Å². The first kappa shape index (κ1) is 19.3. The van der Waals surface area contributed by atoms with Gasteiger partial charge in [-0.25, -0.2) is 0 Å². The number of nitrogens with zero attached hydrogens (tertiary/aromatic N) is 1. The van der Waals surface area contributed by atoms with Crippen molar-refractivity contribution in [2.75, 3.05) is 13.7 Å². The molecule has 1 aromatic carbocycles. The molecule has 1 saturated heterocycles. The number of carbonyl (C=O) groups excluding carboxylic acids is 1. The van der Waals surface area contributed by atoms with Crippen molar-refractivity contribution in [2.24, 2.45) is 5.73 Å². The van der Waals surface area contributed by atoms with E-state index in [1.54, 1.807) is 7.11 Å². The molecule has 2 unspecified atom stereocenters. The molecule has 4 nitrogen and oxygen atoms in total. The molecule has 6 heteroatoms. The van der Waals surface area contributed by atoms with Crippen LogP contribution in [0.15, 0.2) is 22.7 Å². The molecule has 1 aromatic rings. The van der Waals surface area contributed by atoms with Gasteiger partial charge in [-0.3, -0.25) is 4.79 Å². The fourth-order valence-corrected chi connectivity index (χ4v) is 3.23. The molecular formula is C16H24BrClN2O2. The van der Waals surface area contributed by atoms with Gasteiger partial charge < -0.3 is 15.4 Å². The van der Waals surface area contributed by atoms with Crippen molar-refractivity contribution >= 4 is 34.2 Å². The van der Waals surface area contributed by atoms with Crippen LogP contribution in [0.25, 0.3) is 0 Å². The fourth-order valence-electron chi connectivity index (χ4n) is 2.85. The number of hydrogen-bond donors (Lipinski definition) is 1. The normalized spacial score (nSPS) is 18.7. The highest BCUT2D eigenvalue weighted by Crippen LogP contribution is 2.38. The van der Waals surface area contributed by atoms with Gasteiger partial charge in [0.2, 0.25) is 5.91 Å². The zero-order chi connectivity index (χ0) is 15.4. The molecule has 0 bridgehead atoms. The summed E-state index contributed by atoms with van der Waals surface area (Å²) >= 11 is 3.50. The minimum Gasteiger partial charge on any atom is -0.496 e. The predicted molar refractivity (Wildman–Crippen MR) is 94.5 cm³/mol. The first-order valence-electron chi connectivity index (χ1n) is 7.41. The van der Waals surface area contributed by atoms with E-state index >= 15 is 0 Å². The van der Waals surface area contributed by atoms with Crippen molar-refractivity contribution in [3.63, 3.8) is 0 Å². The number of likely N-dealkylation sites (tertiary alicyclic amines) is 1. The number of hydrogen-bond acceptors (Lipinski definition) is 3. The van der Waals surface area contributed by atoms with E-state index in [1.165, 1.54) is 0 Å². The number of amides is 1. The number of benzene rings is 1. The first-order valence-corrected chi connectivity index (χ1v) is 8.20. The van der Waals surface area contributed by atoms with Gasteiger partial charge in [-0.2, -0.15) is 0 Å². The third-order valence-electron chi connectivity index (χ3n) is 3.94. The van der Waals surface area contributed by atoms with Gasteiger partial charge >= 0.3 is 0 Å². The van der Waals surface area contributed by atoms with Gasteiger partial charge in [0, 0.05) is 29.0 Å². The first-order chi connectivity index (χ1) is 10.0. The van der Waals surface area contributed by atoms with Crippen LogP contribution in [-0.4, -0.2) is 30.5 Å². The van der Waals surface area contributed by atoms with Crippen LogP contribution >= 0.6 is 28.3 Å². The minimum atomic E-state index is 0. The lowest BCUT2D eigenvalue weighted by molar-refractivity contribution is -0.132. The Morgan fingerprint density at radius 3 is 2.91 bits per heavy atom. The van der Waals surface area contributed by atoms with Gasteiger partial charge in [-0.15, -0.1) is 12.4 Å². The number of nitrogens with two attached hydrogens (primary N) is 1. The smallest absolute Gasteiger partial charge is 0.223 e.